The predicted octanol–water partition coefficient (Wildman–Crippen LogP) is 2.99. The highest BCUT2D eigenvalue weighted by molar-refractivity contribution is 7.16. The quantitative estimate of drug-likeness (QED) is 0.846. The minimum Gasteiger partial charge on any atom is -0.370 e. The monoisotopic (exact) mass is 302 g/mol. The fourth-order valence-corrected chi connectivity index (χ4v) is 3.71. The van der Waals surface area contributed by atoms with Gasteiger partial charge in [0.25, 0.3) is 0 Å². The Kier molecular flexibility index (Phi) is 5.26. The average molecular weight is 303 g/mol. The van der Waals surface area contributed by atoms with E-state index in [0.29, 0.717) is 6.10 Å². The molecule has 1 saturated heterocycles. The molecule has 19 heavy (non-hydrogen) atoms. The van der Waals surface area contributed by atoms with Crippen LogP contribution in [0.25, 0.3) is 0 Å². The molecular formula is C14H23ClN2OS. The summed E-state index contributed by atoms with van der Waals surface area (Å²) in [7, 11) is 0. The van der Waals surface area contributed by atoms with Crippen LogP contribution in [0.5, 0.6) is 0 Å². The Morgan fingerprint density at radius 1 is 1.53 bits per heavy atom. The molecule has 1 aliphatic rings. The van der Waals surface area contributed by atoms with Gasteiger partial charge in [0.2, 0.25) is 0 Å². The molecule has 1 fully saturated rings. The van der Waals surface area contributed by atoms with E-state index in [1.807, 2.05) is 6.07 Å². The van der Waals surface area contributed by atoms with Crippen LogP contribution in [-0.4, -0.2) is 42.8 Å². The number of hydrogen-bond acceptors (Lipinski definition) is 4. The predicted molar refractivity (Wildman–Crippen MR) is 82.1 cm³/mol. The van der Waals surface area contributed by atoms with Gasteiger partial charge in [-0.1, -0.05) is 11.6 Å². The highest BCUT2D eigenvalue weighted by Gasteiger charge is 2.30. The molecule has 1 aromatic heterocycles. The number of halogens is 1. The van der Waals surface area contributed by atoms with E-state index in [1.165, 1.54) is 4.88 Å². The number of thiophene rings is 1. The molecule has 0 aromatic carbocycles. The molecule has 0 aliphatic carbocycles. The fourth-order valence-electron chi connectivity index (χ4n) is 2.65. The third kappa shape index (κ3) is 5.04. The van der Waals surface area contributed by atoms with Crippen LogP contribution < -0.4 is 5.32 Å². The zero-order valence-corrected chi connectivity index (χ0v) is 13.5. The standard InChI is InChI=1S/C14H23ClN2OS/c1-11-9-17(10-14(2,3)18-11)7-6-16-8-12-4-5-13(15)19-12/h4-5,11,16H,6-10H2,1-3H3. The molecule has 2 heterocycles. The smallest absolute Gasteiger partial charge is 0.0931 e. The lowest BCUT2D eigenvalue weighted by Gasteiger charge is -2.41. The molecule has 0 saturated carbocycles. The van der Waals surface area contributed by atoms with E-state index in [-0.39, 0.29) is 5.60 Å². The van der Waals surface area contributed by atoms with Gasteiger partial charge in [0.1, 0.15) is 0 Å². The first-order valence-corrected chi connectivity index (χ1v) is 7.99. The van der Waals surface area contributed by atoms with Gasteiger partial charge in [0.05, 0.1) is 16.0 Å². The first-order chi connectivity index (χ1) is 8.94. The molecule has 0 spiro atoms. The average Bonchev–Trinajstić information content (AvgIpc) is 2.68. The minimum absolute atomic E-state index is 0.0288. The number of nitrogens with one attached hydrogen (secondary N) is 1. The van der Waals surface area contributed by atoms with Crippen LogP contribution >= 0.6 is 22.9 Å². The van der Waals surface area contributed by atoms with Crippen LogP contribution in [0.3, 0.4) is 0 Å². The Bertz CT molecular complexity index is 408. The summed E-state index contributed by atoms with van der Waals surface area (Å²) >= 11 is 7.55. The van der Waals surface area contributed by atoms with Gasteiger partial charge in [-0.15, -0.1) is 11.3 Å². The second-order valence-corrected chi connectivity index (χ2v) is 7.61. The Hall–Kier alpha value is -0.130. The van der Waals surface area contributed by atoms with Gasteiger partial charge >= 0.3 is 0 Å². The molecule has 0 bridgehead atoms. The van der Waals surface area contributed by atoms with E-state index in [9.17, 15) is 0 Å². The van der Waals surface area contributed by atoms with Gasteiger partial charge in [0.15, 0.2) is 0 Å². The van der Waals surface area contributed by atoms with E-state index in [0.717, 1.165) is 37.1 Å². The van der Waals surface area contributed by atoms with Crippen molar-refractivity contribution in [1.82, 2.24) is 10.2 Å². The van der Waals surface area contributed by atoms with Gasteiger partial charge in [-0.2, -0.15) is 0 Å². The minimum atomic E-state index is -0.0288. The second-order valence-electron chi connectivity index (χ2n) is 5.81. The molecular weight excluding hydrogens is 280 g/mol. The van der Waals surface area contributed by atoms with E-state index in [2.05, 4.69) is 37.1 Å². The molecule has 2 rings (SSSR count). The van der Waals surface area contributed by atoms with Gasteiger partial charge in [-0.3, -0.25) is 4.90 Å². The Balaban J connectivity index is 1.68. The largest absolute Gasteiger partial charge is 0.370 e. The van der Waals surface area contributed by atoms with Gasteiger partial charge < -0.3 is 10.1 Å². The number of nitrogens with zero attached hydrogens (tertiary/aromatic N) is 1. The summed E-state index contributed by atoms with van der Waals surface area (Å²) in [5.74, 6) is 0. The molecule has 0 radical (unpaired) electrons. The fraction of sp³-hybridized carbons (Fsp3) is 0.714. The summed E-state index contributed by atoms with van der Waals surface area (Å²) in [5, 5.41) is 3.47. The Morgan fingerprint density at radius 2 is 2.32 bits per heavy atom. The second kappa shape index (κ2) is 6.55. The summed E-state index contributed by atoms with van der Waals surface area (Å²) in [6.07, 6.45) is 0.319. The maximum Gasteiger partial charge on any atom is 0.0931 e. The van der Waals surface area contributed by atoms with E-state index < -0.39 is 0 Å². The molecule has 3 nitrogen and oxygen atoms in total. The third-order valence-electron chi connectivity index (χ3n) is 3.17. The van der Waals surface area contributed by atoms with Crippen molar-refractivity contribution in [3.05, 3.63) is 21.3 Å². The van der Waals surface area contributed by atoms with Crippen molar-refractivity contribution in [2.24, 2.45) is 0 Å². The molecule has 5 heteroatoms. The van der Waals surface area contributed by atoms with Crippen molar-refractivity contribution in [3.8, 4) is 0 Å². The molecule has 1 atom stereocenters. The summed E-state index contributed by atoms with van der Waals surface area (Å²) < 4.78 is 6.77. The number of hydrogen-bond donors (Lipinski definition) is 1. The van der Waals surface area contributed by atoms with Gasteiger partial charge in [-0.05, 0) is 32.9 Å². The molecule has 1 unspecified atom stereocenters. The molecule has 0 amide bonds. The number of rotatable bonds is 5. The van der Waals surface area contributed by atoms with Crippen LogP contribution in [0, 0.1) is 0 Å². The summed E-state index contributed by atoms with van der Waals surface area (Å²) in [6.45, 7) is 11.5. The van der Waals surface area contributed by atoms with E-state index >= 15 is 0 Å². The van der Waals surface area contributed by atoms with Crippen LogP contribution in [0.2, 0.25) is 4.34 Å². The molecule has 1 aromatic rings. The van der Waals surface area contributed by atoms with Gasteiger partial charge in [0, 0.05) is 37.6 Å². The zero-order valence-electron chi connectivity index (χ0n) is 11.9. The topological polar surface area (TPSA) is 24.5 Å². The number of morpholine rings is 1. The van der Waals surface area contributed by atoms with Crippen LogP contribution in [-0.2, 0) is 11.3 Å². The molecule has 1 N–H and O–H groups in total. The SMILES string of the molecule is CC1CN(CCNCc2ccc(Cl)s2)CC(C)(C)O1. The van der Waals surface area contributed by atoms with Crippen molar-refractivity contribution in [2.75, 3.05) is 26.2 Å². The highest BCUT2D eigenvalue weighted by atomic mass is 35.5. The molecule has 1 aliphatic heterocycles. The highest BCUT2D eigenvalue weighted by Crippen LogP contribution is 2.21. The first-order valence-electron chi connectivity index (χ1n) is 6.80. The van der Waals surface area contributed by atoms with Crippen molar-refractivity contribution in [2.45, 2.75) is 39.0 Å². The Morgan fingerprint density at radius 3 is 2.95 bits per heavy atom. The van der Waals surface area contributed by atoms with E-state index in [4.69, 9.17) is 16.3 Å². The van der Waals surface area contributed by atoms with Crippen molar-refractivity contribution in [1.29, 1.82) is 0 Å². The maximum absolute atomic E-state index is 5.91. The Labute approximate surface area is 124 Å². The summed E-state index contributed by atoms with van der Waals surface area (Å²) in [5.41, 5.74) is -0.0288. The summed E-state index contributed by atoms with van der Waals surface area (Å²) in [6, 6.07) is 4.04. The lowest BCUT2D eigenvalue weighted by molar-refractivity contribution is -0.128. The lowest BCUT2D eigenvalue weighted by Crippen LogP contribution is -2.53. The first kappa shape index (κ1) is 15.3. The van der Waals surface area contributed by atoms with Crippen LogP contribution in [0.4, 0.5) is 0 Å². The van der Waals surface area contributed by atoms with Crippen LogP contribution in [0.15, 0.2) is 12.1 Å². The lowest BCUT2D eigenvalue weighted by atomic mass is 10.1. The van der Waals surface area contributed by atoms with Gasteiger partial charge in [-0.25, -0.2) is 0 Å². The molecule has 108 valence electrons. The zero-order chi connectivity index (χ0) is 13.9. The van der Waals surface area contributed by atoms with Crippen molar-refractivity contribution in [3.63, 3.8) is 0 Å². The van der Waals surface area contributed by atoms with Crippen molar-refractivity contribution >= 4 is 22.9 Å². The maximum atomic E-state index is 5.91. The van der Waals surface area contributed by atoms with Crippen LogP contribution in [0.1, 0.15) is 25.6 Å². The summed E-state index contributed by atoms with van der Waals surface area (Å²) in [4.78, 5) is 3.77. The van der Waals surface area contributed by atoms with E-state index in [1.54, 1.807) is 11.3 Å². The third-order valence-corrected chi connectivity index (χ3v) is 4.40. The normalized spacial score (nSPS) is 23.7. The van der Waals surface area contributed by atoms with Crippen molar-refractivity contribution < 1.29 is 4.74 Å². The number of ether oxygens (including phenoxy) is 1.